The minimum atomic E-state index is -0.656. The molecule has 1 amide bonds. The smallest absolute Gasteiger partial charge is 0.217 e. The average Bonchev–Trinajstić information content (AvgIpc) is 2.14. The number of hydrogen-bond donors (Lipinski definition) is 4. The van der Waals surface area contributed by atoms with Crippen LogP contribution in [0.5, 0.6) is 0 Å². The molecule has 0 aliphatic carbocycles. The second-order valence-corrected chi connectivity index (χ2v) is 3.26. The normalized spacial score (nSPS) is 12.5. The molecule has 0 spiro atoms. The second-order valence-electron chi connectivity index (χ2n) is 3.26. The van der Waals surface area contributed by atoms with Gasteiger partial charge < -0.3 is 16.2 Å². The molecular formula is C9H21N3O2. The molecule has 5 N–H and O–H groups in total. The van der Waals surface area contributed by atoms with Gasteiger partial charge in [0.2, 0.25) is 5.91 Å². The molecule has 0 aliphatic rings. The van der Waals surface area contributed by atoms with Crippen molar-refractivity contribution in [2.24, 2.45) is 5.73 Å². The van der Waals surface area contributed by atoms with Crippen LogP contribution in [0.4, 0.5) is 0 Å². The maximum Gasteiger partial charge on any atom is 0.217 e. The number of hydrogen-bond acceptors (Lipinski definition) is 4. The van der Waals surface area contributed by atoms with Crippen LogP contribution in [0.2, 0.25) is 0 Å². The maximum absolute atomic E-state index is 10.5. The van der Waals surface area contributed by atoms with Crippen LogP contribution in [0, 0.1) is 0 Å². The molecule has 0 aromatic heterocycles. The summed E-state index contributed by atoms with van der Waals surface area (Å²) in [5.41, 5.74) is 5.33. The van der Waals surface area contributed by atoms with E-state index in [1.807, 2.05) is 0 Å². The molecule has 0 heterocycles. The fraction of sp³-hybridized carbons (Fsp3) is 0.889. The number of carbonyl (C=O) groups excluding carboxylic acids is 1. The highest BCUT2D eigenvalue weighted by molar-refractivity contribution is 5.72. The van der Waals surface area contributed by atoms with Gasteiger partial charge in [-0.3, -0.25) is 10.1 Å². The van der Waals surface area contributed by atoms with Gasteiger partial charge in [0.15, 0.2) is 0 Å². The van der Waals surface area contributed by atoms with Crippen LogP contribution in [0.25, 0.3) is 0 Å². The third-order valence-corrected chi connectivity index (χ3v) is 1.81. The summed E-state index contributed by atoms with van der Waals surface area (Å²) >= 11 is 0. The zero-order chi connectivity index (χ0) is 10.8. The Labute approximate surface area is 85.1 Å². The number of aliphatic hydroxyl groups is 1. The summed E-state index contributed by atoms with van der Waals surface area (Å²) in [4.78, 5) is 10.5. The first kappa shape index (κ1) is 13.4. The number of rotatable bonds is 8. The van der Waals surface area contributed by atoms with Gasteiger partial charge in [-0.2, -0.15) is 0 Å². The summed E-state index contributed by atoms with van der Waals surface area (Å²) in [5, 5.41) is 14.7. The van der Waals surface area contributed by atoms with E-state index in [1.54, 1.807) is 0 Å². The van der Waals surface area contributed by atoms with Crippen LogP contribution in [0.1, 0.15) is 26.2 Å². The molecule has 1 unspecified atom stereocenters. The van der Waals surface area contributed by atoms with Gasteiger partial charge in [-0.1, -0.05) is 6.42 Å². The molecule has 0 aromatic carbocycles. The molecule has 84 valence electrons. The fourth-order valence-corrected chi connectivity index (χ4v) is 1.03. The highest BCUT2D eigenvalue weighted by Gasteiger charge is 2.02. The molecule has 0 saturated heterocycles. The van der Waals surface area contributed by atoms with Crippen molar-refractivity contribution in [3.8, 4) is 0 Å². The first-order valence-corrected chi connectivity index (χ1v) is 5.02. The van der Waals surface area contributed by atoms with Gasteiger partial charge >= 0.3 is 0 Å². The van der Waals surface area contributed by atoms with Crippen molar-refractivity contribution in [3.63, 3.8) is 0 Å². The molecule has 0 radical (unpaired) electrons. The predicted molar refractivity (Wildman–Crippen MR) is 55.6 cm³/mol. The molecule has 5 heteroatoms. The summed E-state index contributed by atoms with van der Waals surface area (Å²) in [6.45, 7) is 3.15. The van der Waals surface area contributed by atoms with Gasteiger partial charge in [-0.25, -0.2) is 0 Å². The van der Waals surface area contributed by atoms with Crippen molar-refractivity contribution in [2.75, 3.05) is 19.6 Å². The average molecular weight is 203 g/mol. The minimum absolute atomic E-state index is 0.131. The largest absolute Gasteiger partial charge is 0.377 e. The van der Waals surface area contributed by atoms with Crippen LogP contribution in [-0.2, 0) is 4.79 Å². The van der Waals surface area contributed by atoms with Gasteiger partial charge in [-0.05, 0) is 25.9 Å². The Balaban J connectivity index is 3.18. The zero-order valence-electron chi connectivity index (χ0n) is 8.75. The summed E-state index contributed by atoms with van der Waals surface area (Å²) in [7, 11) is 0. The van der Waals surface area contributed by atoms with Crippen molar-refractivity contribution in [1.82, 2.24) is 10.6 Å². The first-order chi connectivity index (χ1) is 6.66. The molecule has 0 rings (SSSR count). The first-order valence-electron chi connectivity index (χ1n) is 5.02. The van der Waals surface area contributed by atoms with Crippen LogP contribution in [0.15, 0.2) is 0 Å². The van der Waals surface area contributed by atoms with Crippen molar-refractivity contribution in [3.05, 3.63) is 0 Å². The molecule has 0 aliphatic heterocycles. The number of amides is 1. The maximum atomic E-state index is 10.5. The van der Waals surface area contributed by atoms with Crippen LogP contribution in [0.3, 0.4) is 0 Å². The van der Waals surface area contributed by atoms with Crippen molar-refractivity contribution in [2.45, 2.75) is 32.4 Å². The zero-order valence-corrected chi connectivity index (χ0v) is 8.75. The molecule has 0 aromatic rings. The monoisotopic (exact) mass is 203 g/mol. The molecule has 14 heavy (non-hydrogen) atoms. The second kappa shape index (κ2) is 8.93. The van der Waals surface area contributed by atoms with E-state index < -0.39 is 6.23 Å². The summed E-state index contributed by atoms with van der Waals surface area (Å²) in [5.74, 6) is -0.131. The molecule has 5 nitrogen and oxygen atoms in total. The SMILES string of the molecule is CC(=O)NCC(O)NCCCCCN. The number of nitrogens with one attached hydrogen (secondary N) is 2. The third-order valence-electron chi connectivity index (χ3n) is 1.81. The summed E-state index contributed by atoms with van der Waals surface area (Å²) in [6.07, 6.45) is 2.42. The topological polar surface area (TPSA) is 87.4 Å². The Kier molecular flexibility index (Phi) is 8.51. The van der Waals surface area contributed by atoms with Gasteiger partial charge in [0.25, 0.3) is 0 Å². The van der Waals surface area contributed by atoms with E-state index in [2.05, 4.69) is 10.6 Å². The highest BCUT2D eigenvalue weighted by atomic mass is 16.3. The van der Waals surface area contributed by atoms with Crippen molar-refractivity contribution >= 4 is 5.91 Å². The fourth-order valence-electron chi connectivity index (χ4n) is 1.03. The standard InChI is InChI=1S/C9H21N3O2/c1-8(13)12-7-9(14)11-6-4-2-3-5-10/h9,11,14H,2-7,10H2,1H3,(H,12,13). The lowest BCUT2D eigenvalue weighted by Crippen LogP contribution is -2.40. The summed E-state index contributed by atoms with van der Waals surface area (Å²) < 4.78 is 0. The Morgan fingerprint density at radius 3 is 2.71 bits per heavy atom. The lowest BCUT2D eigenvalue weighted by Gasteiger charge is -2.12. The quantitative estimate of drug-likeness (QED) is 0.306. The van der Waals surface area contributed by atoms with Gasteiger partial charge in [0.1, 0.15) is 6.23 Å². The van der Waals surface area contributed by atoms with E-state index in [0.29, 0.717) is 6.54 Å². The van der Waals surface area contributed by atoms with E-state index in [4.69, 9.17) is 5.73 Å². The Hall–Kier alpha value is -0.650. The van der Waals surface area contributed by atoms with Gasteiger partial charge in [0, 0.05) is 6.92 Å². The van der Waals surface area contributed by atoms with Crippen LogP contribution in [-0.4, -0.2) is 36.9 Å². The van der Waals surface area contributed by atoms with Crippen molar-refractivity contribution < 1.29 is 9.90 Å². The summed E-state index contributed by atoms with van der Waals surface area (Å²) in [6, 6.07) is 0. The van der Waals surface area contributed by atoms with Crippen LogP contribution >= 0.6 is 0 Å². The minimum Gasteiger partial charge on any atom is -0.377 e. The molecular weight excluding hydrogens is 182 g/mol. The molecule has 1 atom stereocenters. The highest BCUT2D eigenvalue weighted by Crippen LogP contribution is 1.91. The Morgan fingerprint density at radius 1 is 1.43 bits per heavy atom. The number of aliphatic hydroxyl groups excluding tert-OH is 1. The lowest BCUT2D eigenvalue weighted by atomic mass is 10.2. The van der Waals surface area contributed by atoms with E-state index in [0.717, 1.165) is 25.8 Å². The number of nitrogens with two attached hydrogens (primary N) is 1. The van der Waals surface area contributed by atoms with E-state index in [1.165, 1.54) is 6.92 Å². The van der Waals surface area contributed by atoms with Crippen LogP contribution < -0.4 is 16.4 Å². The third kappa shape index (κ3) is 9.44. The van der Waals surface area contributed by atoms with Crippen molar-refractivity contribution in [1.29, 1.82) is 0 Å². The molecule has 0 saturated carbocycles. The molecule has 0 bridgehead atoms. The van der Waals surface area contributed by atoms with E-state index in [9.17, 15) is 9.90 Å². The lowest BCUT2D eigenvalue weighted by molar-refractivity contribution is -0.119. The van der Waals surface area contributed by atoms with Gasteiger partial charge in [0.05, 0.1) is 6.54 Å². The Bertz CT molecular complexity index is 153. The van der Waals surface area contributed by atoms with E-state index in [-0.39, 0.29) is 12.5 Å². The number of unbranched alkanes of at least 4 members (excludes halogenated alkanes) is 2. The van der Waals surface area contributed by atoms with Gasteiger partial charge in [-0.15, -0.1) is 0 Å². The predicted octanol–water partition coefficient (Wildman–Crippen LogP) is -0.840. The number of carbonyl (C=O) groups is 1. The Morgan fingerprint density at radius 2 is 2.14 bits per heavy atom. The molecule has 0 fully saturated rings. The van der Waals surface area contributed by atoms with E-state index >= 15 is 0 Å².